The summed E-state index contributed by atoms with van der Waals surface area (Å²) in [4.78, 5) is 12.5. The maximum absolute atomic E-state index is 12.2. The number of carbonyl (C=O) groups excluding carboxylic acids is 1. The van der Waals surface area contributed by atoms with Crippen LogP contribution in [0.2, 0.25) is 0 Å². The fourth-order valence-corrected chi connectivity index (χ4v) is 4.75. The van der Waals surface area contributed by atoms with Crippen LogP contribution in [0.1, 0.15) is 54.3 Å². The van der Waals surface area contributed by atoms with E-state index in [4.69, 9.17) is 0 Å². The molecule has 2 aromatic rings. The lowest BCUT2D eigenvalue weighted by molar-refractivity contribution is 0.0953. The summed E-state index contributed by atoms with van der Waals surface area (Å²) >= 11 is 1.62. The fraction of sp³-hybridized carbons (Fsp3) is 0.526. The number of thioether (sulfide) groups is 1. The van der Waals surface area contributed by atoms with Crippen LogP contribution in [0.15, 0.2) is 34.3 Å². The van der Waals surface area contributed by atoms with Crippen molar-refractivity contribution in [3.63, 3.8) is 0 Å². The minimum absolute atomic E-state index is 0.206. The standard InChI is InChI=1S/C19H26N4O3S2/c1-27-19-22-21-17(23(19)15-6-3-4-7-15)8-5-13-20-18(24)14-9-11-16(12-10-14)28(2,25)26/h9-12,15H,3-8,13H2,1-2H3,(H,20,24). The van der Waals surface area contributed by atoms with Crippen molar-refractivity contribution in [1.29, 1.82) is 0 Å². The molecular formula is C19H26N4O3S2. The van der Waals surface area contributed by atoms with Crippen molar-refractivity contribution in [2.45, 2.75) is 54.6 Å². The van der Waals surface area contributed by atoms with Crippen LogP contribution in [-0.2, 0) is 16.3 Å². The number of amides is 1. The molecule has 0 spiro atoms. The highest BCUT2D eigenvalue weighted by molar-refractivity contribution is 7.98. The van der Waals surface area contributed by atoms with Crippen LogP contribution in [0.25, 0.3) is 0 Å². The monoisotopic (exact) mass is 422 g/mol. The average molecular weight is 423 g/mol. The van der Waals surface area contributed by atoms with Gasteiger partial charge >= 0.3 is 0 Å². The zero-order valence-corrected chi connectivity index (χ0v) is 17.9. The molecule has 0 saturated heterocycles. The number of sulfone groups is 1. The van der Waals surface area contributed by atoms with Gasteiger partial charge in [-0.15, -0.1) is 10.2 Å². The van der Waals surface area contributed by atoms with Crippen molar-refractivity contribution in [3.05, 3.63) is 35.7 Å². The van der Waals surface area contributed by atoms with Gasteiger partial charge in [0, 0.05) is 30.8 Å². The first kappa shape index (κ1) is 20.9. The van der Waals surface area contributed by atoms with Crippen molar-refractivity contribution < 1.29 is 13.2 Å². The summed E-state index contributed by atoms with van der Waals surface area (Å²) in [7, 11) is -3.26. The molecular weight excluding hydrogens is 396 g/mol. The second kappa shape index (κ2) is 9.09. The van der Waals surface area contributed by atoms with E-state index >= 15 is 0 Å². The van der Waals surface area contributed by atoms with E-state index < -0.39 is 9.84 Å². The van der Waals surface area contributed by atoms with Gasteiger partial charge in [0.05, 0.1) is 4.90 Å². The largest absolute Gasteiger partial charge is 0.352 e. The van der Waals surface area contributed by atoms with E-state index in [2.05, 4.69) is 20.1 Å². The summed E-state index contributed by atoms with van der Waals surface area (Å²) in [6.45, 7) is 0.527. The molecule has 1 saturated carbocycles. The van der Waals surface area contributed by atoms with Crippen molar-refractivity contribution in [1.82, 2.24) is 20.1 Å². The van der Waals surface area contributed by atoms with Crippen molar-refractivity contribution in [2.24, 2.45) is 0 Å². The Hall–Kier alpha value is -1.87. The second-order valence-corrected chi connectivity index (χ2v) is 9.86. The minimum atomic E-state index is -3.26. The third kappa shape index (κ3) is 4.94. The van der Waals surface area contributed by atoms with Crippen molar-refractivity contribution in [3.8, 4) is 0 Å². The van der Waals surface area contributed by atoms with Gasteiger partial charge in [0.2, 0.25) is 0 Å². The van der Waals surface area contributed by atoms with Crippen LogP contribution < -0.4 is 5.32 Å². The van der Waals surface area contributed by atoms with Crippen molar-refractivity contribution in [2.75, 3.05) is 19.1 Å². The van der Waals surface area contributed by atoms with Gasteiger partial charge < -0.3 is 9.88 Å². The number of aromatic nitrogens is 3. The van der Waals surface area contributed by atoms with E-state index in [1.54, 1.807) is 11.8 Å². The summed E-state index contributed by atoms with van der Waals surface area (Å²) in [6.07, 6.45) is 9.57. The molecule has 7 nitrogen and oxygen atoms in total. The molecule has 1 aliphatic rings. The van der Waals surface area contributed by atoms with E-state index in [0.29, 0.717) is 18.2 Å². The molecule has 9 heteroatoms. The smallest absolute Gasteiger partial charge is 0.251 e. The molecule has 1 aromatic carbocycles. The third-order valence-corrected chi connectivity index (χ3v) is 6.79. The molecule has 0 radical (unpaired) electrons. The summed E-state index contributed by atoms with van der Waals surface area (Å²) in [5.41, 5.74) is 0.450. The van der Waals surface area contributed by atoms with Crippen molar-refractivity contribution >= 4 is 27.5 Å². The number of nitrogens with zero attached hydrogens (tertiary/aromatic N) is 3. The van der Waals surface area contributed by atoms with E-state index in [-0.39, 0.29) is 10.8 Å². The first-order chi connectivity index (χ1) is 13.4. The Kier molecular flexibility index (Phi) is 6.77. The molecule has 0 aliphatic heterocycles. The second-order valence-electron chi connectivity index (χ2n) is 7.07. The zero-order chi connectivity index (χ0) is 20.1. The molecule has 152 valence electrons. The van der Waals surface area contributed by atoms with E-state index in [1.807, 2.05) is 6.26 Å². The quantitative estimate of drug-likeness (QED) is 0.519. The number of nitrogens with one attached hydrogen (secondary N) is 1. The molecule has 0 unspecified atom stereocenters. The number of benzene rings is 1. The molecule has 1 aromatic heterocycles. The zero-order valence-electron chi connectivity index (χ0n) is 16.2. The Bertz CT molecular complexity index is 917. The molecule has 1 heterocycles. The number of aryl methyl sites for hydroxylation is 1. The van der Waals surface area contributed by atoms with Gasteiger partial charge in [-0.05, 0) is 49.8 Å². The maximum Gasteiger partial charge on any atom is 0.251 e. The van der Waals surface area contributed by atoms with Gasteiger partial charge in [0.15, 0.2) is 15.0 Å². The van der Waals surface area contributed by atoms with Gasteiger partial charge in [-0.1, -0.05) is 24.6 Å². The maximum atomic E-state index is 12.2. The third-order valence-electron chi connectivity index (χ3n) is 5.01. The van der Waals surface area contributed by atoms with Crippen LogP contribution in [0.5, 0.6) is 0 Å². The lowest BCUT2D eigenvalue weighted by atomic mass is 10.2. The number of carbonyl (C=O) groups is 1. The molecule has 0 bridgehead atoms. The molecule has 1 fully saturated rings. The SMILES string of the molecule is CSc1nnc(CCCNC(=O)c2ccc(S(C)(=O)=O)cc2)n1C1CCCC1. The highest BCUT2D eigenvalue weighted by Gasteiger charge is 2.23. The highest BCUT2D eigenvalue weighted by atomic mass is 32.2. The lowest BCUT2D eigenvalue weighted by Crippen LogP contribution is -2.25. The highest BCUT2D eigenvalue weighted by Crippen LogP contribution is 2.33. The number of hydrogen-bond acceptors (Lipinski definition) is 6. The van der Waals surface area contributed by atoms with Gasteiger partial charge in [0.1, 0.15) is 5.82 Å². The van der Waals surface area contributed by atoms with Crippen LogP contribution in [0.4, 0.5) is 0 Å². The Morgan fingerprint density at radius 1 is 1.21 bits per heavy atom. The summed E-state index contributed by atoms with van der Waals surface area (Å²) in [5.74, 6) is 0.783. The molecule has 1 N–H and O–H groups in total. The number of hydrogen-bond donors (Lipinski definition) is 1. The van der Waals surface area contributed by atoms with E-state index in [0.717, 1.165) is 30.1 Å². The predicted octanol–water partition coefficient (Wildman–Crippen LogP) is 2.88. The van der Waals surface area contributed by atoms with Crippen LogP contribution in [0, 0.1) is 0 Å². The Balaban J connectivity index is 1.53. The van der Waals surface area contributed by atoms with Gasteiger partial charge in [0.25, 0.3) is 5.91 Å². The molecule has 1 aliphatic carbocycles. The fourth-order valence-electron chi connectivity index (χ4n) is 3.55. The summed E-state index contributed by atoms with van der Waals surface area (Å²) in [6, 6.07) is 6.48. The molecule has 0 atom stereocenters. The average Bonchev–Trinajstić information content (AvgIpc) is 3.33. The van der Waals surface area contributed by atoms with E-state index in [9.17, 15) is 13.2 Å². The van der Waals surface area contributed by atoms with E-state index in [1.165, 1.54) is 49.9 Å². The Morgan fingerprint density at radius 3 is 2.50 bits per heavy atom. The Morgan fingerprint density at radius 2 is 1.89 bits per heavy atom. The molecule has 28 heavy (non-hydrogen) atoms. The lowest BCUT2D eigenvalue weighted by Gasteiger charge is -2.16. The number of rotatable bonds is 8. The van der Waals surface area contributed by atoms with Crippen LogP contribution in [-0.4, -0.2) is 48.1 Å². The predicted molar refractivity (Wildman–Crippen MR) is 110 cm³/mol. The molecule has 3 rings (SSSR count). The van der Waals surface area contributed by atoms with Crippen LogP contribution in [0.3, 0.4) is 0 Å². The minimum Gasteiger partial charge on any atom is -0.352 e. The van der Waals surface area contributed by atoms with Gasteiger partial charge in [-0.2, -0.15) is 0 Å². The molecule has 1 amide bonds. The topological polar surface area (TPSA) is 94.0 Å². The first-order valence-corrected chi connectivity index (χ1v) is 12.6. The Labute approximate surface area is 170 Å². The van der Waals surface area contributed by atoms with Gasteiger partial charge in [-0.25, -0.2) is 8.42 Å². The normalized spacial score (nSPS) is 15.1. The first-order valence-electron chi connectivity index (χ1n) is 9.46. The summed E-state index contributed by atoms with van der Waals surface area (Å²) in [5, 5.41) is 12.5. The van der Waals surface area contributed by atoms with Gasteiger partial charge in [-0.3, -0.25) is 4.79 Å². The summed E-state index contributed by atoms with van der Waals surface area (Å²) < 4.78 is 25.3. The van der Waals surface area contributed by atoms with Crippen LogP contribution >= 0.6 is 11.8 Å².